The number of ether oxygens (including phenoxy) is 1. The molecule has 1 atom stereocenters. The predicted octanol–water partition coefficient (Wildman–Crippen LogP) is -0.0938. The van der Waals surface area contributed by atoms with Gasteiger partial charge in [-0.3, -0.25) is 0 Å². The molecule has 0 amide bonds. The van der Waals surface area contributed by atoms with Crippen LogP contribution in [0.1, 0.15) is 5.56 Å². The van der Waals surface area contributed by atoms with Gasteiger partial charge in [-0.05, 0) is 11.6 Å². The first kappa shape index (κ1) is 12.8. The lowest BCUT2D eigenvalue weighted by atomic mass is 10.1. The minimum atomic E-state index is -1.37. The van der Waals surface area contributed by atoms with Crippen molar-refractivity contribution in [2.75, 3.05) is 31.2 Å². The van der Waals surface area contributed by atoms with Crippen molar-refractivity contribution in [1.82, 2.24) is 4.98 Å². The number of aromatic nitrogens is 1. The van der Waals surface area contributed by atoms with E-state index in [1.54, 1.807) is 12.3 Å². The van der Waals surface area contributed by atoms with Crippen molar-refractivity contribution in [3.8, 4) is 0 Å². The maximum atomic E-state index is 10.5. The number of anilines is 1. The fraction of sp³-hybridized carbons (Fsp3) is 0.500. The third kappa shape index (κ3) is 3.18. The van der Waals surface area contributed by atoms with Crippen LogP contribution < -0.4 is 4.90 Å². The number of hydrogen-bond acceptors (Lipinski definition) is 5. The second-order valence-corrected chi connectivity index (χ2v) is 4.18. The van der Waals surface area contributed by atoms with Crippen LogP contribution in [0.4, 0.5) is 5.82 Å². The van der Waals surface area contributed by atoms with Gasteiger partial charge in [0, 0.05) is 25.7 Å². The minimum Gasteiger partial charge on any atom is -0.479 e. The highest BCUT2D eigenvalue weighted by atomic mass is 16.5. The monoisotopic (exact) mass is 252 g/mol. The highest BCUT2D eigenvalue weighted by molar-refractivity contribution is 5.72. The van der Waals surface area contributed by atoms with E-state index in [2.05, 4.69) is 9.88 Å². The number of carbonyl (C=O) groups is 1. The molecule has 1 aliphatic rings. The van der Waals surface area contributed by atoms with Crippen LogP contribution in [-0.4, -0.2) is 53.6 Å². The second kappa shape index (κ2) is 5.79. The third-order valence-electron chi connectivity index (χ3n) is 2.86. The molecule has 98 valence electrons. The van der Waals surface area contributed by atoms with Crippen LogP contribution in [0.3, 0.4) is 0 Å². The van der Waals surface area contributed by atoms with Crippen molar-refractivity contribution in [2.45, 2.75) is 12.5 Å². The lowest BCUT2D eigenvalue weighted by Crippen LogP contribution is -2.36. The van der Waals surface area contributed by atoms with Crippen LogP contribution in [0.5, 0.6) is 0 Å². The summed E-state index contributed by atoms with van der Waals surface area (Å²) in [5.74, 6) is -0.362. The number of hydrogen-bond donors (Lipinski definition) is 2. The fourth-order valence-corrected chi connectivity index (χ4v) is 1.83. The van der Waals surface area contributed by atoms with E-state index < -0.39 is 12.1 Å². The van der Waals surface area contributed by atoms with Crippen molar-refractivity contribution in [2.24, 2.45) is 0 Å². The highest BCUT2D eigenvalue weighted by Crippen LogP contribution is 2.13. The number of carboxylic acid groups (broad SMARTS) is 1. The maximum absolute atomic E-state index is 10.5. The number of nitrogens with zero attached hydrogens (tertiary/aromatic N) is 2. The number of rotatable bonds is 4. The van der Waals surface area contributed by atoms with Crippen molar-refractivity contribution >= 4 is 11.8 Å². The molecule has 2 N–H and O–H groups in total. The van der Waals surface area contributed by atoms with E-state index in [9.17, 15) is 9.90 Å². The lowest BCUT2D eigenvalue weighted by molar-refractivity contribution is -0.146. The summed E-state index contributed by atoms with van der Waals surface area (Å²) < 4.78 is 5.26. The van der Waals surface area contributed by atoms with Gasteiger partial charge in [-0.15, -0.1) is 0 Å². The molecule has 2 rings (SSSR count). The van der Waals surface area contributed by atoms with Crippen molar-refractivity contribution in [3.05, 3.63) is 23.9 Å². The van der Waals surface area contributed by atoms with Crippen LogP contribution in [0.2, 0.25) is 0 Å². The number of aliphatic hydroxyl groups is 1. The number of carboxylic acids is 1. The van der Waals surface area contributed by atoms with E-state index >= 15 is 0 Å². The van der Waals surface area contributed by atoms with Gasteiger partial charge in [-0.2, -0.15) is 0 Å². The number of pyridine rings is 1. The topological polar surface area (TPSA) is 82.9 Å². The average molecular weight is 252 g/mol. The zero-order valence-corrected chi connectivity index (χ0v) is 9.95. The Balaban J connectivity index is 1.98. The zero-order valence-electron chi connectivity index (χ0n) is 9.95. The van der Waals surface area contributed by atoms with Crippen molar-refractivity contribution < 1.29 is 19.7 Å². The quantitative estimate of drug-likeness (QED) is 0.779. The molecule has 1 saturated heterocycles. The average Bonchev–Trinajstić information content (AvgIpc) is 2.40. The van der Waals surface area contributed by atoms with Crippen LogP contribution in [0, 0.1) is 0 Å². The molecule has 2 heterocycles. The summed E-state index contributed by atoms with van der Waals surface area (Å²) in [5, 5.41) is 17.9. The zero-order chi connectivity index (χ0) is 13.0. The molecule has 0 saturated carbocycles. The molecule has 0 unspecified atom stereocenters. The van der Waals surface area contributed by atoms with Gasteiger partial charge in [0.1, 0.15) is 5.82 Å². The van der Waals surface area contributed by atoms with E-state index in [0.29, 0.717) is 18.8 Å². The number of morpholine rings is 1. The van der Waals surface area contributed by atoms with Gasteiger partial charge in [-0.25, -0.2) is 9.78 Å². The summed E-state index contributed by atoms with van der Waals surface area (Å²) in [6.45, 7) is 3.01. The molecule has 0 radical (unpaired) electrons. The SMILES string of the molecule is O=C(O)[C@H](O)Cc1ccc(N2CCOCC2)nc1. The molecule has 0 bridgehead atoms. The summed E-state index contributed by atoms with van der Waals surface area (Å²) in [4.78, 5) is 16.9. The van der Waals surface area contributed by atoms with Gasteiger partial charge in [0.2, 0.25) is 0 Å². The first-order valence-corrected chi connectivity index (χ1v) is 5.85. The van der Waals surface area contributed by atoms with Crippen LogP contribution >= 0.6 is 0 Å². The molecule has 0 aliphatic carbocycles. The van der Waals surface area contributed by atoms with Crippen LogP contribution in [-0.2, 0) is 16.0 Å². The van der Waals surface area contributed by atoms with Crippen molar-refractivity contribution in [1.29, 1.82) is 0 Å². The molecule has 1 fully saturated rings. The molecule has 1 aliphatic heterocycles. The van der Waals surface area contributed by atoms with Gasteiger partial charge < -0.3 is 19.8 Å². The largest absolute Gasteiger partial charge is 0.479 e. The van der Waals surface area contributed by atoms with E-state index in [0.717, 1.165) is 18.9 Å². The Bertz CT molecular complexity index is 401. The first-order valence-electron chi connectivity index (χ1n) is 5.85. The minimum absolute atomic E-state index is 0.0751. The summed E-state index contributed by atoms with van der Waals surface area (Å²) in [6, 6.07) is 3.64. The molecule has 1 aromatic heterocycles. The molecule has 6 nitrogen and oxygen atoms in total. The smallest absolute Gasteiger partial charge is 0.332 e. The van der Waals surface area contributed by atoms with E-state index in [1.165, 1.54) is 0 Å². The highest BCUT2D eigenvalue weighted by Gasteiger charge is 2.15. The predicted molar refractivity (Wildman–Crippen MR) is 64.6 cm³/mol. The Morgan fingerprint density at radius 2 is 2.17 bits per heavy atom. The Hall–Kier alpha value is -1.66. The summed E-state index contributed by atoms with van der Waals surface area (Å²) >= 11 is 0. The first-order chi connectivity index (χ1) is 8.66. The van der Waals surface area contributed by atoms with E-state index in [1.807, 2.05) is 6.07 Å². The molecule has 6 heteroatoms. The number of aliphatic carboxylic acids is 1. The Labute approximate surface area is 105 Å². The van der Waals surface area contributed by atoms with Crippen LogP contribution in [0.15, 0.2) is 18.3 Å². The van der Waals surface area contributed by atoms with Crippen LogP contribution in [0.25, 0.3) is 0 Å². The molecule has 0 spiro atoms. The van der Waals surface area contributed by atoms with E-state index in [-0.39, 0.29) is 6.42 Å². The maximum Gasteiger partial charge on any atom is 0.332 e. The summed E-state index contributed by atoms with van der Waals surface area (Å²) in [7, 11) is 0. The fourth-order valence-electron chi connectivity index (χ4n) is 1.83. The molecule has 1 aromatic rings. The molecule has 0 aromatic carbocycles. The summed E-state index contributed by atoms with van der Waals surface area (Å²) in [5.41, 5.74) is 0.710. The Kier molecular flexibility index (Phi) is 4.11. The van der Waals surface area contributed by atoms with Gasteiger partial charge in [0.05, 0.1) is 13.2 Å². The van der Waals surface area contributed by atoms with Crippen molar-refractivity contribution in [3.63, 3.8) is 0 Å². The van der Waals surface area contributed by atoms with Gasteiger partial charge >= 0.3 is 5.97 Å². The lowest BCUT2D eigenvalue weighted by Gasteiger charge is -2.27. The Morgan fingerprint density at radius 1 is 1.44 bits per heavy atom. The van der Waals surface area contributed by atoms with E-state index in [4.69, 9.17) is 9.84 Å². The summed E-state index contributed by atoms with van der Waals surface area (Å²) in [6.07, 6.45) is 0.309. The van der Waals surface area contributed by atoms with Gasteiger partial charge in [0.25, 0.3) is 0 Å². The van der Waals surface area contributed by atoms with Gasteiger partial charge in [-0.1, -0.05) is 6.07 Å². The van der Waals surface area contributed by atoms with Gasteiger partial charge in [0.15, 0.2) is 6.10 Å². The third-order valence-corrected chi connectivity index (χ3v) is 2.86. The molecule has 18 heavy (non-hydrogen) atoms. The molecular formula is C12H16N2O4. The Morgan fingerprint density at radius 3 is 2.72 bits per heavy atom. The normalized spacial score (nSPS) is 17.5. The second-order valence-electron chi connectivity index (χ2n) is 4.18. The standard InChI is InChI=1S/C12H16N2O4/c15-10(12(16)17)7-9-1-2-11(13-8-9)14-3-5-18-6-4-14/h1-2,8,10,15H,3-7H2,(H,16,17)/t10-/m1/s1. The molecular weight excluding hydrogens is 236 g/mol. The number of aliphatic hydroxyl groups excluding tert-OH is 1.